The molecule has 2 N–H and O–H groups in total. The van der Waals surface area contributed by atoms with E-state index in [4.69, 9.17) is 9.72 Å². The lowest BCUT2D eigenvalue weighted by atomic mass is 10.1. The Hall–Kier alpha value is -4.37. The smallest absolute Gasteiger partial charge is 0.247 e. The lowest BCUT2D eigenvalue weighted by molar-refractivity contribution is -0.111. The molecule has 2 aromatic heterocycles. The lowest BCUT2D eigenvalue weighted by Crippen LogP contribution is -2.29. The van der Waals surface area contributed by atoms with E-state index in [1.54, 1.807) is 13.3 Å². The van der Waals surface area contributed by atoms with Gasteiger partial charge in [0.1, 0.15) is 5.75 Å². The third kappa shape index (κ3) is 5.95. The molecule has 0 saturated carbocycles. The number of fused-ring (bicyclic) bond motifs is 1. The van der Waals surface area contributed by atoms with Crippen molar-refractivity contribution in [2.45, 2.75) is 6.54 Å². The third-order valence-corrected chi connectivity index (χ3v) is 6.40. The molecule has 1 amide bonds. The van der Waals surface area contributed by atoms with E-state index in [1.807, 2.05) is 58.5 Å². The maximum atomic E-state index is 12.2. The second kappa shape index (κ2) is 11.8. The van der Waals surface area contributed by atoms with Crippen LogP contribution < -0.4 is 20.3 Å². The van der Waals surface area contributed by atoms with Crippen LogP contribution in [0.2, 0.25) is 0 Å². The molecule has 2 aromatic carbocycles. The quantitative estimate of drug-likeness (QED) is 0.288. The summed E-state index contributed by atoms with van der Waals surface area (Å²) in [5, 5.41) is 7.40. The number of ether oxygens (including phenoxy) is 1. The highest BCUT2D eigenvalue weighted by Crippen LogP contribution is 2.34. The number of benzene rings is 2. The molecule has 0 aliphatic carbocycles. The predicted molar refractivity (Wildman–Crippen MR) is 155 cm³/mol. The number of amides is 1. The Labute approximate surface area is 223 Å². The van der Waals surface area contributed by atoms with Crippen LogP contribution >= 0.6 is 0 Å². The number of para-hydroxylation sites is 1. The fraction of sp³-hybridized carbons (Fsp3) is 0.276. The van der Waals surface area contributed by atoms with Gasteiger partial charge in [0.05, 0.1) is 24.2 Å². The first-order chi connectivity index (χ1) is 18.3. The van der Waals surface area contributed by atoms with E-state index in [2.05, 4.69) is 54.9 Å². The summed E-state index contributed by atoms with van der Waals surface area (Å²) in [5.41, 5.74) is 5.42. The number of aromatic nitrogens is 3. The van der Waals surface area contributed by atoms with Crippen LogP contribution in [0.15, 0.2) is 67.5 Å². The van der Waals surface area contributed by atoms with Crippen LogP contribution in [0.1, 0.15) is 5.56 Å². The number of hydrogen-bond acceptors (Lipinski definition) is 7. The number of anilines is 3. The molecule has 0 aliphatic rings. The van der Waals surface area contributed by atoms with Crippen molar-refractivity contribution in [3.63, 3.8) is 0 Å². The SMILES string of the molecule is C=CC(=O)Nc1cc(CNc2nccc(-c3cn(C)c4ccccc34)n2)c(OC)cc1N(C)CCN(C)C. The molecule has 9 heteroatoms. The first-order valence-corrected chi connectivity index (χ1v) is 12.4. The van der Waals surface area contributed by atoms with Crippen molar-refractivity contribution in [3.8, 4) is 17.0 Å². The third-order valence-electron chi connectivity index (χ3n) is 6.40. The van der Waals surface area contributed by atoms with Crippen LogP contribution in [0.5, 0.6) is 5.75 Å². The Morgan fingerprint density at radius 3 is 2.68 bits per heavy atom. The van der Waals surface area contributed by atoms with Gasteiger partial charge in [0.25, 0.3) is 0 Å². The molecule has 0 saturated heterocycles. The highest BCUT2D eigenvalue weighted by Gasteiger charge is 2.16. The highest BCUT2D eigenvalue weighted by atomic mass is 16.5. The molecule has 0 aliphatic heterocycles. The van der Waals surface area contributed by atoms with Gasteiger partial charge in [-0.2, -0.15) is 0 Å². The minimum atomic E-state index is -0.276. The highest BCUT2D eigenvalue weighted by molar-refractivity contribution is 6.01. The standard InChI is InChI=1S/C29H35N7O2/c1-7-28(37)32-24-16-20(27(38-6)17-26(24)35(4)15-14-34(2)3)18-31-29-30-13-12-23(33-29)22-19-36(5)25-11-9-8-10-21(22)25/h7-13,16-17,19H,1,14-15,18H2,2-6H3,(H,32,37)(H,30,31,33). The number of nitrogens with zero attached hydrogens (tertiary/aromatic N) is 5. The van der Waals surface area contributed by atoms with Gasteiger partial charge in [-0.15, -0.1) is 0 Å². The van der Waals surface area contributed by atoms with Crippen molar-refractivity contribution >= 4 is 34.1 Å². The van der Waals surface area contributed by atoms with E-state index in [0.717, 1.165) is 46.5 Å². The average Bonchev–Trinajstić information content (AvgIpc) is 3.27. The van der Waals surface area contributed by atoms with Crippen LogP contribution in [-0.4, -0.2) is 66.7 Å². The molecule has 198 valence electrons. The topological polar surface area (TPSA) is 87.5 Å². The second-order valence-corrected chi connectivity index (χ2v) is 9.39. The van der Waals surface area contributed by atoms with E-state index in [-0.39, 0.29) is 5.91 Å². The summed E-state index contributed by atoms with van der Waals surface area (Å²) >= 11 is 0. The van der Waals surface area contributed by atoms with Crippen molar-refractivity contribution in [3.05, 3.63) is 73.1 Å². The molecule has 0 radical (unpaired) electrons. The van der Waals surface area contributed by atoms with Crippen molar-refractivity contribution in [2.75, 3.05) is 56.9 Å². The molecule has 0 bridgehead atoms. The zero-order chi connectivity index (χ0) is 27.2. The summed E-state index contributed by atoms with van der Waals surface area (Å²) in [6.45, 7) is 5.63. The first-order valence-electron chi connectivity index (χ1n) is 12.4. The Morgan fingerprint density at radius 2 is 1.95 bits per heavy atom. The molecule has 2 heterocycles. The Morgan fingerprint density at radius 1 is 1.16 bits per heavy atom. The van der Waals surface area contributed by atoms with Gasteiger partial charge in [0, 0.05) is 74.2 Å². The fourth-order valence-electron chi connectivity index (χ4n) is 4.33. The van der Waals surface area contributed by atoms with Gasteiger partial charge in [-0.1, -0.05) is 24.8 Å². The van der Waals surface area contributed by atoms with Crippen molar-refractivity contribution in [1.29, 1.82) is 0 Å². The zero-order valence-corrected chi connectivity index (χ0v) is 22.7. The van der Waals surface area contributed by atoms with Gasteiger partial charge in [0.15, 0.2) is 0 Å². The number of hydrogen-bond donors (Lipinski definition) is 2. The number of carbonyl (C=O) groups excluding carboxylic acids is 1. The minimum absolute atomic E-state index is 0.276. The fourth-order valence-corrected chi connectivity index (χ4v) is 4.33. The number of likely N-dealkylation sites (N-methyl/N-ethyl adjacent to an activating group) is 2. The second-order valence-electron chi connectivity index (χ2n) is 9.39. The van der Waals surface area contributed by atoms with Gasteiger partial charge in [-0.3, -0.25) is 4.79 Å². The summed E-state index contributed by atoms with van der Waals surface area (Å²) < 4.78 is 7.83. The number of carbonyl (C=O) groups is 1. The van der Waals surface area contributed by atoms with Crippen LogP contribution in [0.25, 0.3) is 22.2 Å². The number of aryl methyl sites for hydroxylation is 1. The largest absolute Gasteiger partial charge is 0.496 e. The van der Waals surface area contributed by atoms with E-state index in [0.29, 0.717) is 23.9 Å². The Balaban J connectivity index is 1.61. The number of methoxy groups -OCH3 is 1. The van der Waals surface area contributed by atoms with Gasteiger partial charge in [-0.05, 0) is 38.4 Å². The number of nitrogens with one attached hydrogen (secondary N) is 2. The van der Waals surface area contributed by atoms with E-state index >= 15 is 0 Å². The van der Waals surface area contributed by atoms with Gasteiger partial charge in [0.2, 0.25) is 11.9 Å². The summed E-state index contributed by atoms with van der Waals surface area (Å²) in [5.74, 6) is 0.926. The molecular weight excluding hydrogens is 478 g/mol. The molecule has 0 spiro atoms. The van der Waals surface area contributed by atoms with E-state index in [1.165, 1.54) is 6.08 Å². The molecule has 0 atom stereocenters. The van der Waals surface area contributed by atoms with Gasteiger partial charge < -0.3 is 29.7 Å². The van der Waals surface area contributed by atoms with Crippen molar-refractivity contribution in [1.82, 2.24) is 19.4 Å². The summed E-state index contributed by atoms with van der Waals surface area (Å²) in [6, 6.07) is 14.0. The Kier molecular flexibility index (Phi) is 8.28. The van der Waals surface area contributed by atoms with E-state index < -0.39 is 0 Å². The normalized spacial score (nSPS) is 11.0. The summed E-state index contributed by atoms with van der Waals surface area (Å²) in [4.78, 5) is 25.6. The first kappa shape index (κ1) is 26.7. The monoisotopic (exact) mass is 513 g/mol. The van der Waals surface area contributed by atoms with Crippen LogP contribution in [-0.2, 0) is 18.4 Å². The van der Waals surface area contributed by atoms with Crippen molar-refractivity contribution in [2.24, 2.45) is 7.05 Å². The molecule has 0 unspecified atom stereocenters. The minimum Gasteiger partial charge on any atom is -0.496 e. The zero-order valence-electron chi connectivity index (χ0n) is 22.7. The molecule has 0 fully saturated rings. The summed E-state index contributed by atoms with van der Waals surface area (Å²) in [7, 11) is 9.72. The number of rotatable bonds is 11. The van der Waals surface area contributed by atoms with E-state index in [9.17, 15) is 4.79 Å². The molecule has 38 heavy (non-hydrogen) atoms. The predicted octanol–water partition coefficient (Wildman–Crippen LogP) is 4.38. The Bertz CT molecular complexity index is 1440. The molecule has 4 rings (SSSR count). The maximum absolute atomic E-state index is 12.2. The average molecular weight is 514 g/mol. The molecule has 9 nitrogen and oxygen atoms in total. The van der Waals surface area contributed by atoms with Crippen LogP contribution in [0, 0.1) is 0 Å². The van der Waals surface area contributed by atoms with Crippen LogP contribution in [0.4, 0.5) is 17.3 Å². The lowest BCUT2D eigenvalue weighted by Gasteiger charge is -2.26. The van der Waals surface area contributed by atoms with Crippen molar-refractivity contribution < 1.29 is 9.53 Å². The molecular formula is C29H35N7O2. The van der Waals surface area contributed by atoms with Crippen LogP contribution in [0.3, 0.4) is 0 Å². The van der Waals surface area contributed by atoms with Gasteiger partial charge in [-0.25, -0.2) is 9.97 Å². The maximum Gasteiger partial charge on any atom is 0.247 e. The summed E-state index contributed by atoms with van der Waals surface area (Å²) in [6.07, 6.45) is 5.10. The molecule has 4 aromatic rings. The van der Waals surface area contributed by atoms with Gasteiger partial charge >= 0.3 is 0 Å².